The van der Waals surface area contributed by atoms with E-state index in [-0.39, 0.29) is 18.0 Å². The minimum atomic E-state index is -0.425. The molecule has 6 heteroatoms. The van der Waals surface area contributed by atoms with Crippen molar-refractivity contribution in [3.05, 3.63) is 0 Å². The number of nitrogens with zero attached hydrogens (tertiary/aromatic N) is 1. The van der Waals surface area contributed by atoms with Gasteiger partial charge in [-0.2, -0.15) is 0 Å². The number of nitrogens with one attached hydrogen (secondary N) is 3. The number of urea groups is 1. The van der Waals surface area contributed by atoms with E-state index in [1.807, 2.05) is 20.8 Å². The van der Waals surface area contributed by atoms with Crippen LogP contribution in [0.15, 0.2) is 0 Å². The first-order valence-electron chi connectivity index (χ1n) is 7.88. The van der Waals surface area contributed by atoms with Crippen LogP contribution in [0.1, 0.15) is 47.0 Å². The largest absolute Gasteiger partial charge is 0.333 e. The molecule has 0 radical (unpaired) electrons. The number of hydrogen-bond acceptors (Lipinski definition) is 4. The van der Waals surface area contributed by atoms with E-state index in [9.17, 15) is 9.59 Å². The molecule has 1 heterocycles. The van der Waals surface area contributed by atoms with Crippen LogP contribution in [-0.4, -0.2) is 54.6 Å². The van der Waals surface area contributed by atoms with Crippen molar-refractivity contribution in [1.82, 2.24) is 20.9 Å². The summed E-state index contributed by atoms with van der Waals surface area (Å²) in [5, 5.41) is 8.51. The first-order chi connectivity index (χ1) is 9.81. The van der Waals surface area contributed by atoms with Crippen LogP contribution in [0, 0.1) is 0 Å². The highest BCUT2D eigenvalue weighted by Crippen LogP contribution is 2.10. The third kappa shape index (κ3) is 7.43. The van der Waals surface area contributed by atoms with Gasteiger partial charge in [0.2, 0.25) is 5.91 Å². The fraction of sp³-hybridized carbons (Fsp3) is 0.867. The highest BCUT2D eigenvalue weighted by atomic mass is 16.2. The molecule has 0 saturated carbocycles. The average molecular weight is 298 g/mol. The first-order valence-corrected chi connectivity index (χ1v) is 7.88. The Bertz CT molecular complexity index is 346. The smallest absolute Gasteiger partial charge is 0.321 e. The molecule has 1 saturated heterocycles. The first kappa shape index (κ1) is 17.9. The molecule has 6 nitrogen and oxygen atoms in total. The van der Waals surface area contributed by atoms with Gasteiger partial charge >= 0.3 is 6.03 Å². The lowest BCUT2D eigenvalue weighted by Crippen LogP contribution is -2.53. The van der Waals surface area contributed by atoms with E-state index in [0.717, 1.165) is 38.9 Å². The molecule has 122 valence electrons. The number of carbonyl (C=O) groups is 2. The minimum Gasteiger partial charge on any atom is -0.333 e. The predicted octanol–water partition coefficient (Wildman–Crippen LogP) is 1.07. The van der Waals surface area contributed by atoms with E-state index in [0.29, 0.717) is 6.04 Å². The zero-order valence-electron chi connectivity index (χ0n) is 13.8. The van der Waals surface area contributed by atoms with Gasteiger partial charge in [-0.15, -0.1) is 0 Å². The van der Waals surface area contributed by atoms with Crippen LogP contribution in [0.3, 0.4) is 0 Å². The minimum absolute atomic E-state index is 0.240. The summed E-state index contributed by atoms with van der Waals surface area (Å²) in [6, 6.07) is -0.0409. The Morgan fingerprint density at radius 3 is 2.57 bits per heavy atom. The van der Waals surface area contributed by atoms with Gasteiger partial charge in [0, 0.05) is 18.1 Å². The second-order valence-electron chi connectivity index (χ2n) is 6.72. The number of rotatable bonds is 5. The van der Waals surface area contributed by atoms with E-state index in [4.69, 9.17) is 0 Å². The Hall–Kier alpha value is -1.14. The van der Waals surface area contributed by atoms with Crippen molar-refractivity contribution in [1.29, 1.82) is 0 Å². The highest BCUT2D eigenvalue weighted by Gasteiger charge is 2.23. The summed E-state index contributed by atoms with van der Waals surface area (Å²) in [6.07, 6.45) is 3.24. The van der Waals surface area contributed by atoms with Crippen LogP contribution in [-0.2, 0) is 4.79 Å². The average Bonchev–Trinajstić information content (AvgIpc) is 2.36. The fourth-order valence-electron chi connectivity index (χ4n) is 2.55. The van der Waals surface area contributed by atoms with Crippen LogP contribution >= 0.6 is 0 Å². The summed E-state index contributed by atoms with van der Waals surface area (Å²) < 4.78 is 0. The maximum absolute atomic E-state index is 12.0. The summed E-state index contributed by atoms with van der Waals surface area (Å²) >= 11 is 0. The molecule has 1 fully saturated rings. The van der Waals surface area contributed by atoms with Crippen LogP contribution in [0.25, 0.3) is 0 Å². The van der Waals surface area contributed by atoms with Gasteiger partial charge in [-0.05, 0) is 53.1 Å². The Morgan fingerprint density at radius 2 is 2.05 bits per heavy atom. The molecule has 1 aliphatic heterocycles. The van der Waals surface area contributed by atoms with Gasteiger partial charge in [-0.1, -0.05) is 6.92 Å². The number of carbonyl (C=O) groups excluding carboxylic acids is 2. The van der Waals surface area contributed by atoms with E-state index in [1.165, 1.54) is 0 Å². The second kappa shape index (κ2) is 8.34. The topological polar surface area (TPSA) is 73.5 Å². The van der Waals surface area contributed by atoms with Crippen molar-refractivity contribution in [2.45, 2.75) is 58.5 Å². The van der Waals surface area contributed by atoms with Gasteiger partial charge in [0.15, 0.2) is 0 Å². The van der Waals surface area contributed by atoms with Gasteiger partial charge in [-0.3, -0.25) is 15.0 Å². The SMILES string of the molecule is CCCN(CC(=O)NC(=O)NC(C)(C)C)C1CCCNC1. The molecule has 0 aromatic carbocycles. The predicted molar refractivity (Wildman–Crippen MR) is 84.2 cm³/mol. The number of imide groups is 1. The van der Waals surface area contributed by atoms with Crippen LogP contribution < -0.4 is 16.0 Å². The van der Waals surface area contributed by atoms with E-state index in [2.05, 4.69) is 27.8 Å². The lowest BCUT2D eigenvalue weighted by atomic mass is 10.1. The van der Waals surface area contributed by atoms with Crippen molar-refractivity contribution >= 4 is 11.9 Å². The summed E-state index contributed by atoms with van der Waals surface area (Å²) in [5.41, 5.74) is -0.346. The summed E-state index contributed by atoms with van der Waals surface area (Å²) in [6.45, 7) is 10.9. The Morgan fingerprint density at radius 1 is 1.33 bits per heavy atom. The normalized spacial score (nSPS) is 19.4. The maximum Gasteiger partial charge on any atom is 0.321 e. The van der Waals surface area contributed by atoms with Crippen molar-refractivity contribution in [3.8, 4) is 0 Å². The van der Waals surface area contributed by atoms with Crippen LogP contribution in [0.4, 0.5) is 4.79 Å². The quantitative estimate of drug-likeness (QED) is 0.710. The molecule has 1 unspecified atom stereocenters. The number of amides is 3. The Labute approximate surface area is 128 Å². The van der Waals surface area contributed by atoms with Crippen molar-refractivity contribution in [3.63, 3.8) is 0 Å². The van der Waals surface area contributed by atoms with E-state index in [1.54, 1.807) is 0 Å². The van der Waals surface area contributed by atoms with Crippen molar-refractivity contribution in [2.75, 3.05) is 26.2 Å². The zero-order valence-corrected chi connectivity index (χ0v) is 13.8. The standard InChI is InChI=1S/C15H30N4O2/c1-5-9-19(12-7-6-8-16-10-12)11-13(20)17-14(21)18-15(2,3)4/h12,16H,5-11H2,1-4H3,(H2,17,18,20,21). The molecule has 1 atom stereocenters. The third-order valence-corrected chi connectivity index (χ3v) is 3.39. The summed E-state index contributed by atoms with van der Waals surface area (Å²) in [5.74, 6) is -0.240. The van der Waals surface area contributed by atoms with Crippen LogP contribution in [0.2, 0.25) is 0 Å². The molecule has 1 aliphatic rings. The summed E-state index contributed by atoms with van der Waals surface area (Å²) in [4.78, 5) is 25.9. The molecule has 3 N–H and O–H groups in total. The number of piperidine rings is 1. The molecule has 0 aromatic rings. The second-order valence-corrected chi connectivity index (χ2v) is 6.72. The molecular formula is C15H30N4O2. The Balaban J connectivity index is 2.46. The summed E-state index contributed by atoms with van der Waals surface area (Å²) in [7, 11) is 0. The van der Waals surface area contributed by atoms with Gasteiger partial charge in [0.25, 0.3) is 0 Å². The molecule has 0 aliphatic carbocycles. The van der Waals surface area contributed by atoms with Gasteiger partial charge in [-0.25, -0.2) is 4.79 Å². The lowest BCUT2D eigenvalue weighted by molar-refractivity contribution is -0.121. The molecule has 0 bridgehead atoms. The van der Waals surface area contributed by atoms with Gasteiger partial charge in [0.05, 0.1) is 6.54 Å². The van der Waals surface area contributed by atoms with Crippen molar-refractivity contribution < 1.29 is 9.59 Å². The van der Waals surface area contributed by atoms with E-state index < -0.39 is 6.03 Å². The maximum atomic E-state index is 12.0. The molecule has 21 heavy (non-hydrogen) atoms. The molecule has 3 amide bonds. The number of hydrogen-bond donors (Lipinski definition) is 3. The lowest BCUT2D eigenvalue weighted by Gasteiger charge is -2.34. The highest BCUT2D eigenvalue weighted by molar-refractivity contribution is 5.95. The fourth-order valence-corrected chi connectivity index (χ4v) is 2.55. The molecular weight excluding hydrogens is 268 g/mol. The van der Waals surface area contributed by atoms with E-state index >= 15 is 0 Å². The van der Waals surface area contributed by atoms with Gasteiger partial charge < -0.3 is 10.6 Å². The monoisotopic (exact) mass is 298 g/mol. The zero-order chi connectivity index (χ0) is 15.9. The van der Waals surface area contributed by atoms with Crippen molar-refractivity contribution in [2.24, 2.45) is 0 Å². The Kier molecular flexibility index (Phi) is 7.11. The third-order valence-electron chi connectivity index (χ3n) is 3.39. The molecule has 0 spiro atoms. The molecule has 0 aromatic heterocycles. The van der Waals surface area contributed by atoms with Gasteiger partial charge in [0.1, 0.15) is 0 Å². The van der Waals surface area contributed by atoms with Crippen LogP contribution in [0.5, 0.6) is 0 Å². The molecule has 1 rings (SSSR count).